The molecular formula is C21H20N2. The molecule has 2 nitrogen and oxygen atoms in total. The molecule has 0 aliphatic heterocycles. The number of pyridine rings is 1. The van der Waals surface area contributed by atoms with Crippen LogP contribution in [0.3, 0.4) is 0 Å². The molecule has 4 aromatic rings. The Morgan fingerprint density at radius 1 is 0.870 bits per heavy atom. The van der Waals surface area contributed by atoms with Gasteiger partial charge in [0, 0.05) is 29.0 Å². The van der Waals surface area contributed by atoms with Crippen LogP contribution >= 0.6 is 0 Å². The molecule has 23 heavy (non-hydrogen) atoms. The number of aryl methyl sites for hydroxylation is 3. The van der Waals surface area contributed by atoms with Crippen molar-refractivity contribution in [1.29, 1.82) is 0 Å². The van der Waals surface area contributed by atoms with E-state index in [1.54, 1.807) is 0 Å². The third kappa shape index (κ3) is 2.50. The average molecular weight is 300 g/mol. The summed E-state index contributed by atoms with van der Waals surface area (Å²) in [5.41, 5.74) is 5.11. The summed E-state index contributed by atoms with van der Waals surface area (Å²) in [4.78, 5) is 4.51. The Labute approximate surface area is 136 Å². The van der Waals surface area contributed by atoms with Crippen molar-refractivity contribution in [3.8, 4) is 0 Å². The summed E-state index contributed by atoms with van der Waals surface area (Å²) in [6, 6.07) is 21.5. The summed E-state index contributed by atoms with van der Waals surface area (Å²) in [6.07, 6.45) is 4.15. The predicted octanol–water partition coefficient (Wildman–Crippen LogP) is 5.13. The van der Waals surface area contributed by atoms with Gasteiger partial charge in [-0.25, -0.2) is 0 Å². The molecule has 0 radical (unpaired) electrons. The largest absolute Gasteiger partial charge is 0.339 e. The van der Waals surface area contributed by atoms with Crippen LogP contribution in [0.15, 0.2) is 66.9 Å². The Hall–Kier alpha value is -2.61. The minimum Gasteiger partial charge on any atom is -0.339 e. The molecule has 0 saturated carbocycles. The standard InChI is InChI=1S/C21H20N2/c1-16-21-19(13-14-22-16)18-11-5-6-12-20(18)23(21)15-7-10-17-8-3-2-4-9-17/h2-6,8-9,11-14H,7,10,15H2,1H3. The Bertz CT molecular complexity index is 952. The molecule has 0 aliphatic carbocycles. The van der Waals surface area contributed by atoms with Gasteiger partial charge in [-0.05, 0) is 37.5 Å². The highest BCUT2D eigenvalue weighted by molar-refractivity contribution is 6.08. The van der Waals surface area contributed by atoms with Gasteiger partial charge in [0.15, 0.2) is 0 Å². The fraction of sp³-hybridized carbons (Fsp3) is 0.190. The second-order valence-corrected chi connectivity index (χ2v) is 6.05. The van der Waals surface area contributed by atoms with E-state index in [0.29, 0.717) is 0 Å². The second kappa shape index (κ2) is 5.88. The first kappa shape index (κ1) is 14.0. The van der Waals surface area contributed by atoms with E-state index >= 15 is 0 Å². The maximum absolute atomic E-state index is 4.51. The van der Waals surface area contributed by atoms with Gasteiger partial charge in [0.2, 0.25) is 0 Å². The molecule has 2 aromatic carbocycles. The van der Waals surface area contributed by atoms with E-state index < -0.39 is 0 Å². The fourth-order valence-electron chi connectivity index (χ4n) is 3.49. The molecule has 0 fully saturated rings. The number of aromatic nitrogens is 2. The zero-order valence-corrected chi connectivity index (χ0v) is 13.4. The lowest BCUT2D eigenvalue weighted by Gasteiger charge is -2.09. The van der Waals surface area contributed by atoms with Crippen LogP contribution in [-0.4, -0.2) is 9.55 Å². The smallest absolute Gasteiger partial charge is 0.0707 e. The van der Waals surface area contributed by atoms with Gasteiger partial charge in [-0.3, -0.25) is 4.98 Å². The molecule has 2 aromatic heterocycles. The molecule has 0 atom stereocenters. The molecule has 4 rings (SSSR count). The van der Waals surface area contributed by atoms with Gasteiger partial charge in [-0.15, -0.1) is 0 Å². The Kier molecular flexibility index (Phi) is 3.58. The highest BCUT2D eigenvalue weighted by Gasteiger charge is 2.12. The van der Waals surface area contributed by atoms with Crippen molar-refractivity contribution in [2.24, 2.45) is 0 Å². The SMILES string of the molecule is Cc1nccc2c3ccccc3n(CCCc3ccccc3)c12. The molecule has 2 heterocycles. The summed E-state index contributed by atoms with van der Waals surface area (Å²) >= 11 is 0. The lowest BCUT2D eigenvalue weighted by molar-refractivity contribution is 0.676. The van der Waals surface area contributed by atoms with Crippen molar-refractivity contribution >= 4 is 21.8 Å². The van der Waals surface area contributed by atoms with Crippen LogP contribution in [0, 0.1) is 6.92 Å². The van der Waals surface area contributed by atoms with E-state index in [0.717, 1.165) is 25.1 Å². The zero-order valence-electron chi connectivity index (χ0n) is 13.4. The molecule has 0 N–H and O–H groups in total. The van der Waals surface area contributed by atoms with Gasteiger partial charge in [-0.1, -0.05) is 48.5 Å². The van der Waals surface area contributed by atoms with Gasteiger partial charge in [0.1, 0.15) is 0 Å². The minimum atomic E-state index is 1.02. The summed E-state index contributed by atoms with van der Waals surface area (Å²) in [6.45, 7) is 3.13. The number of rotatable bonds is 4. The molecule has 0 spiro atoms. The van der Waals surface area contributed by atoms with E-state index in [1.165, 1.54) is 27.4 Å². The number of para-hydroxylation sites is 1. The average Bonchev–Trinajstić information content (AvgIpc) is 2.92. The molecule has 2 heteroatoms. The van der Waals surface area contributed by atoms with Crippen molar-refractivity contribution < 1.29 is 0 Å². The number of benzene rings is 2. The molecule has 0 bridgehead atoms. The number of hydrogen-bond acceptors (Lipinski definition) is 1. The zero-order chi connectivity index (χ0) is 15.6. The maximum atomic E-state index is 4.51. The van der Waals surface area contributed by atoms with Crippen molar-refractivity contribution in [3.63, 3.8) is 0 Å². The molecule has 0 amide bonds. The Morgan fingerprint density at radius 2 is 1.65 bits per heavy atom. The van der Waals surface area contributed by atoms with Gasteiger partial charge in [0.05, 0.1) is 11.2 Å². The normalized spacial score (nSPS) is 11.3. The lowest BCUT2D eigenvalue weighted by atomic mass is 10.1. The van der Waals surface area contributed by atoms with E-state index in [9.17, 15) is 0 Å². The molecule has 0 unspecified atom stereocenters. The molecular weight excluding hydrogens is 280 g/mol. The predicted molar refractivity (Wildman–Crippen MR) is 96.7 cm³/mol. The van der Waals surface area contributed by atoms with Crippen molar-refractivity contribution in [3.05, 3.63) is 78.1 Å². The molecule has 114 valence electrons. The Morgan fingerprint density at radius 3 is 2.52 bits per heavy atom. The van der Waals surface area contributed by atoms with Gasteiger partial charge < -0.3 is 4.57 Å². The highest BCUT2D eigenvalue weighted by atomic mass is 15.0. The number of nitrogens with zero attached hydrogens (tertiary/aromatic N) is 2. The third-order valence-corrected chi connectivity index (χ3v) is 4.55. The lowest BCUT2D eigenvalue weighted by Crippen LogP contribution is -2.01. The molecule has 0 aliphatic rings. The fourth-order valence-corrected chi connectivity index (χ4v) is 3.49. The topological polar surface area (TPSA) is 17.8 Å². The third-order valence-electron chi connectivity index (χ3n) is 4.55. The Balaban J connectivity index is 1.73. The van der Waals surface area contributed by atoms with Crippen LogP contribution in [0.4, 0.5) is 0 Å². The van der Waals surface area contributed by atoms with Crippen LogP contribution in [-0.2, 0) is 13.0 Å². The number of hydrogen-bond donors (Lipinski definition) is 0. The number of fused-ring (bicyclic) bond motifs is 3. The van der Waals surface area contributed by atoms with Crippen LogP contribution < -0.4 is 0 Å². The summed E-state index contributed by atoms with van der Waals surface area (Å²) < 4.78 is 2.44. The maximum Gasteiger partial charge on any atom is 0.0707 e. The minimum absolute atomic E-state index is 1.02. The van der Waals surface area contributed by atoms with Gasteiger partial charge in [0.25, 0.3) is 0 Å². The van der Waals surface area contributed by atoms with Gasteiger partial charge >= 0.3 is 0 Å². The van der Waals surface area contributed by atoms with E-state index in [1.807, 2.05) is 6.20 Å². The summed E-state index contributed by atoms with van der Waals surface area (Å²) in [5, 5.41) is 2.64. The van der Waals surface area contributed by atoms with E-state index in [-0.39, 0.29) is 0 Å². The van der Waals surface area contributed by atoms with Crippen LogP contribution in [0.2, 0.25) is 0 Å². The first-order valence-corrected chi connectivity index (χ1v) is 8.21. The van der Waals surface area contributed by atoms with Gasteiger partial charge in [-0.2, -0.15) is 0 Å². The molecule has 0 saturated heterocycles. The van der Waals surface area contributed by atoms with Crippen LogP contribution in [0.1, 0.15) is 17.7 Å². The van der Waals surface area contributed by atoms with E-state index in [2.05, 4.69) is 77.1 Å². The van der Waals surface area contributed by atoms with Crippen LogP contribution in [0.5, 0.6) is 0 Å². The highest BCUT2D eigenvalue weighted by Crippen LogP contribution is 2.30. The quantitative estimate of drug-likeness (QED) is 0.511. The van der Waals surface area contributed by atoms with E-state index in [4.69, 9.17) is 0 Å². The van der Waals surface area contributed by atoms with Crippen molar-refractivity contribution in [2.75, 3.05) is 0 Å². The summed E-state index contributed by atoms with van der Waals surface area (Å²) in [5.74, 6) is 0. The monoisotopic (exact) mass is 300 g/mol. The van der Waals surface area contributed by atoms with Crippen molar-refractivity contribution in [2.45, 2.75) is 26.3 Å². The first-order chi connectivity index (χ1) is 11.3. The summed E-state index contributed by atoms with van der Waals surface area (Å²) in [7, 11) is 0. The first-order valence-electron chi connectivity index (χ1n) is 8.21. The second-order valence-electron chi connectivity index (χ2n) is 6.05. The van der Waals surface area contributed by atoms with Crippen LogP contribution in [0.25, 0.3) is 21.8 Å². The van der Waals surface area contributed by atoms with Crippen molar-refractivity contribution in [1.82, 2.24) is 9.55 Å².